The Morgan fingerprint density at radius 1 is 1.05 bits per heavy atom. The van der Waals surface area contributed by atoms with Crippen molar-refractivity contribution in [2.24, 2.45) is 0 Å². The number of hydrogen-bond donors (Lipinski definition) is 1. The van der Waals surface area contributed by atoms with Crippen molar-refractivity contribution in [1.29, 1.82) is 0 Å². The molecule has 3 heteroatoms. The Labute approximate surface area is 126 Å². The predicted molar refractivity (Wildman–Crippen MR) is 81.7 cm³/mol. The predicted octanol–water partition coefficient (Wildman–Crippen LogP) is 4.67. The molecule has 0 saturated carbocycles. The molecule has 98 valence electrons. The number of fused-ring (bicyclic) bond motifs is 1. The smallest absolute Gasteiger partial charge is 0.105 e. The highest BCUT2D eigenvalue weighted by molar-refractivity contribution is 9.10. The van der Waals surface area contributed by atoms with E-state index in [0.717, 1.165) is 28.4 Å². The molecule has 1 aliphatic rings. The molecular formula is C16H14BrClO. The lowest BCUT2D eigenvalue weighted by molar-refractivity contribution is 0.219. The topological polar surface area (TPSA) is 20.2 Å². The van der Waals surface area contributed by atoms with Crippen molar-refractivity contribution in [3.8, 4) is 0 Å². The van der Waals surface area contributed by atoms with Crippen LogP contribution in [0.4, 0.5) is 0 Å². The van der Waals surface area contributed by atoms with Crippen molar-refractivity contribution in [3.63, 3.8) is 0 Å². The summed E-state index contributed by atoms with van der Waals surface area (Å²) in [5.41, 5.74) is 4.53. The average Bonchev–Trinajstić information content (AvgIpc) is 2.88. The normalized spacial score (nSPS) is 15.3. The van der Waals surface area contributed by atoms with E-state index in [1.165, 1.54) is 17.5 Å². The Morgan fingerprint density at radius 2 is 1.84 bits per heavy atom. The largest absolute Gasteiger partial charge is 0.384 e. The Morgan fingerprint density at radius 3 is 2.68 bits per heavy atom. The molecule has 0 heterocycles. The van der Waals surface area contributed by atoms with Crippen molar-refractivity contribution in [1.82, 2.24) is 0 Å². The third kappa shape index (κ3) is 2.58. The van der Waals surface area contributed by atoms with Crippen LogP contribution in [0.25, 0.3) is 0 Å². The number of rotatable bonds is 2. The summed E-state index contributed by atoms with van der Waals surface area (Å²) in [5, 5.41) is 11.2. The molecule has 0 spiro atoms. The fraction of sp³-hybridized carbons (Fsp3) is 0.250. The molecule has 0 radical (unpaired) electrons. The molecule has 1 N–H and O–H groups in total. The molecule has 0 saturated heterocycles. The van der Waals surface area contributed by atoms with Gasteiger partial charge in [-0.25, -0.2) is 0 Å². The minimum atomic E-state index is -0.640. The standard InChI is InChI=1S/C16H14BrClO/c17-15-7-6-13(18)9-14(15)16(19)12-5-4-10-2-1-3-11(10)8-12/h4-9,16,19H,1-3H2. The van der Waals surface area contributed by atoms with Gasteiger partial charge >= 0.3 is 0 Å². The van der Waals surface area contributed by atoms with Gasteiger partial charge in [-0.2, -0.15) is 0 Å². The molecule has 0 aromatic heterocycles. The first kappa shape index (κ1) is 13.2. The number of halogens is 2. The van der Waals surface area contributed by atoms with Crippen LogP contribution >= 0.6 is 27.5 Å². The van der Waals surface area contributed by atoms with Crippen LogP contribution in [0.5, 0.6) is 0 Å². The second-order valence-electron chi connectivity index (χ2n) is 4.95. The van der Waals surface area contributed by atoms with Crippen LogP contribution in [0.15, 0.2) is 40.9 Å². The van der Waals surface area contributed by atoms with Gasteiger partial charge in [0.2, 0.25) is 0 Å². The maximum Gasteiger partial charge on any atom is 0.105 e. The van der Waals surface area contributed by atoms with Crippen LogP contribution in [0.1, 0.15) is 34.8 Å². The summed E-state index contributed by atoms with van der Waals surface area (Å²) < 4.78 is 0.880. The molecule has 0 aliphatic heterocycles. The van der Waals surface area contributed by atoms with Gasteiger partial charge < -0.3 is 5.11 Å². The zero-order valence-corrected chi connectivity index (χ0v) is 12.7. The fourth-order valence-electron chi connectivity index (χ4n) is 2.67. The highest BCUT2D eigenvalue weighted by Gasteiger charge is 2.17. The lowest BCUT2D eigenvalue weighted by Gasteiger charge is -2.15. The highest BCUT2D eigenvalue weighted by Crippen LogP contribution is 2.33. The molecule has 19 heavy (non-hydrogen) atoms. The number of aryl methyl sites for hydroxylation is 2. The van der Waals surface area contributed by atoms with E-state index in [1.807, 2.05) is 24.3 Å². The van der Waals surface area contributed by atoms with E-state index in [-0.39, 0.29) is 0 Å². The van der Waals surface area contributed by atoms with E-state index in [2.05, 4.69) is 28.1 Å². The van der Waals surface area contributed by atoms with E-state index in [4.69, 9.17) is 11.6 Å². The van der Waals surface area contributed by atoms with E-state index in [1.54, 1.807) is 0 Å². The van der Waals surface area contributed by atoms with Crippen LogP contribution < -0.4 is 0 Å². The van der Waals surface area contributed by atoms with Crippen LogP contribution in [0.2, 0.25) is 5.02 Å². The molecular weight excluding hydrogens is 324 g/mol. The van der Waals surface area contributed by atoms with Crippen molar-refractivity contribution in [3.05, 3.63) is 68.1 Å². The highest BCUT2D eigenvalue weighted by atomic mass is 79.9. The zero-order chi connectivity index (χ0) is 13.4. The SMILES string of the molecule is OC(c1ccc2c(c1)CCC2)c1cc(Cl)ccc1Br. The summed E-state index contributed by atoms with van der Waals surface area (Å²) in [5.74, 6) is 0. The molecule has 3 rings (SSSR count). The van der Waals surface area contributed by atoms with Crippen LogP contribution in [0.3, 0.4) is 0 Å². The molecule has 1 unspecified atom stereocenters. The van der Waals surface area contributed by atoms with Crippen molar-refractivity contribution < 1.29 is 5.11 Å². The Kier molecular flexibility index (Phi) is 3.66. The quantitative estimate of drug-likeness (QED) is 0.844. The second-order valence-corrected chi connectivity index (χ2v) is 6.24. The Bertz CT molecular complexity index is 624. The third-order valence-electron chi connectivity index (χ3n) is 3.69. The van der Waals surface area contributed by atoms with E-state index >= 15 is 0 Å². The maximum atomic E-state index is 10.5. The van der Waals surface area contributed by atoms with E-state index in [9.17, 15) is 5.11 Å². The minimum absolute atomic E-state index is 0.637. The first-order valence-corrected chi connectivity index (χ1v) is 7.57. The van der Waals surface area contributed by atoms with Gasteiger partial charge in [-0.3, -0.25) is 0 Å². The summed E-state index contributed by atoms with van der Waals surface area (Å²) in [6.45, 7) is 0. The summed E-state index contributed by atoms with van der Waals surface area (Å²) in [6.07, 6.45) is 2.86. The monoisotopic (exact) mass is 336 g/mol. The zero-order valence-electron chi connectivity index (χ0n) is 10.4. The number of aliphatic hydroxyl groups excluding tert-OH is 1. The van der Waals surface area contributed by atoms with E-state index < -0.39 is 6.10 Å². The summed E-state index contributed by atoms with van der Waals surface area (Å²) in [4.78, 5) is 0. The van der Waals surface area contributed by atoms with E-state index in [0.29, 0.717) is 5.02 Å². The van der Waals surface area contributed by atoms with Gasteiger partial charge in [0.05, 0.1) is 0 Å². The van der Waals surface area contributed by atoms with Crippen molar-refractivity contribution >= 4 is 27.5 Å². The van der Waals surface area contributed by atoms with Gasteiger partial charge in [0.25, 0.3) is 0 Å². The van der Waals surface area contributed by atoms with Gasteiger partial charge in [-0.05, 0) is 54.2 Å². The van der Waals surface area contributed by atoms with Crippen LogP contribution in [0, 0.1) is 0 Å². The summed E-state index contributed by atoms with van der Waals surface area (Å²) in [6, 6.07) is 11.8. The van der Waals surface area contributed by atoms with Crippen molar-refractivity contribution in [2.75, 3.05) is 0 Å². The molecule has 1 atom stereocenters. The Hall–Kier alpha value is -0.830. The first-order chi connectivity index (χ1) is 9.15. The third-order valence-corrected chi connectivity index (χ3v) is 4.65. The summed E-state index contributed by atoms with van der Waals surface area (Å²) in [7, 11) is 0. The fourth-order valence-corrected chi connectivity index (χ4v) is 3.31. The lowest BCUT2D eigenvalue weighted by Crippen LogP contribution is -2.01. The average molecular weight is 338 g/mol. The van der Waals surface area contributed by atoms with Gasteiger partial charge in [0.1, 0.15) is 6.10 Å². The molecule has 0 amide bonds. The first-order valence-electron chi connectivity index (χ1n) is 6.40. The number of hydrogen-bond acceptors (Lipinski definition) is 1. The minimum Gasteiger partial charge on any atom is -0.384 e. The second kappa shape index (κ2) is 5.28. The van der Waals surface area contributed by atoms with Gasteiger partial charge in [0.15, 0.2) is 0 Å². The number of benzene rings is 2. The molecule has 2 aromatic rings. The lowest BCUT2D eigenvalue weighted by atomic mass is 9.98. The molecule has 0 fully saturated rings. The van der Waals surface area contributed by atoms with Crippen LogP contribution in [-0.2, 0) is 12.8 Å². The molecule has 0 bridgehead atoms. The molecule has 1 nitrogen and oxygen atoms in total. The number of aliphatic hydroxyl groups is 1. The Balaban J connectivity index is 1.99. The van der Waals surface area contributed by atoms with Crippen molar-refractivity contribution in [2.45, 2.75) is 25.4 Å². The van der Waals surface area contributed by atoms with Gasteiger partial charge in [0, 0.05) is 15.1 Å². The molecule has 2 aromatic carbocycles. The summed E-state index contributed by atoms with van der Waals surface area (Å²) >= 11 is 9.48. The molecule has 1 aliphatic carbocycles. The van der Waals surface area contributed by atoms with Gasteiger partial charge in [-0.1, -0.05) is 45.7 Å². The maximum absolute atomic E-state index is 10.5. The van der Waals surface area contributed by atoms with Gasteiger partial charge in [-0.15, -0.1) is 0 Å². The van der Waals surface area contributed by atoms with Crippen LogP contribution in [-0.4, -0.2) is 5.11 Å².